The Hall–Kier alpha value is -3.26. The number of benzene rings is 2. The van der Waals surface area contributed by atoms with Crippen LogP contribution in [-0.4, -0.2) is 46.2 Å². The molecule has 1 atom stereocenters. The molecule has 0 radical (unpaired) electrons. The van der Waals surface area contributed by atoms with Gasteiger partial charge in [-0.3, -0.25) is 4.31 Å². The maximum absolute atomic E-state index is 13.1. The molecule has 0 N–H and O–H groups in total. The Balaban J connectivity index is 1.46. The first-order chi connectivity index (χ1) is 15.0. The Morgan fingerprint density at radius 1 is 1.00 bits per heavy atom. The van der Waals surface area contributed by atoms with Crippen molar-refractivity contribution in [2.45, 2.75) is 17.9 Å². The Morgan fingerprint density at radius 3 is 2.39 bits per heavy atom. The Morgan fingerprint density at radius 2 is 1.71 bits per heavy atom. The van der Waals surface area contributed by atoms with E-state index < -0.39 is 10.0 Å². The number of likely N-dealkylation sites (N-methyl/N-ethyl adjacent to an activating group) is 1. The van der Waals surface area contributed by atoms with Crippen molar-refractivity contribution in [2.24, 2.45) is 0 Å². The molecule has 3 aromatic rings. The largest absolute Gasteiger partial charge is 0.486 e. The van der Waals surface area contributed by atoms with Gasteiger partial charge in [-0.15, -0.1) is 0 Å². The third kappa shape index (κ3) is 4.44. The topological polar surface area (TPSA) is 72.0 Å². The van der Waals surface area contributed by atoms with Crippen LogP contribution in [0.4, 0.5) is 11.5 Å². The van der Waals surface area contributed by atoms with Crippen LogP contribution < -0.4 is 18.7 Å². The van der Waals surface area contributed by atoms with Gasteiger partial charge in [-0.2, -0.15) is 0 Å². The molecule has 0 saturated carbocycles. The number of pyridine rings is 1. The van der Waals surface area contributed by atoms with Crippen LogP contribution in [0, 0.1) is 0 Å². The Kier molecular flexibility index (Phi) is 5.99. The zero-order valence-corrected chi connectivity index (χ0v) is 18.3. The molecule has 0 spiro atoms. The fourth-order valence-corrected chi connectivity index (χ4v) is 4.94. The van der Waals surface area contributed by atoms with Gasteiger partial charge < -0.3 is 14.4 Å². The molecule has 0 bridgehead atoms. The number of para-hydroxylation sites is 3. The predicted octanol–water partition coefficient (Wildman–Crippen LogP) is 3.57. The zero-order chi connectivity index (χ0) is 21.8. The van der Waals surface area contributed by atoms with Crippen molar-refractivity contribution < 1.29 is 17.9 Å². The summed E-state index contributed by atoms with van der Waals surface area (Å²) >= 11 is 0. The third-order valence-electron chi connectivity index (χ3n) is 5.08. The van der Waals surface area contributed by atoms with E-state index >= 15 is 0 Å². The van der Waals surface area contributed by atoms with E-state index in [0.717, 1.165) is 11.5 Å². The fraction of sp³-hybridized carbons (Fsp3) is 0.261. The van der Waals surface area contributed by atoms with Crippen molar-refractivity contribution >= 4 is 21.5 Å². The molecule has 1 aliphatic rings. The van der Waals surface area contributed by atoms with Gasteiger partial charge >= 0.3 is 0 Å². The van der Waals surface area contributed by atoms with Crippen LogP contribution in [0.5, 0.6) is 11.5 Å². The highest BCUT2D eigenvalue weighted by atomic mass is 32.2. The number of hydrogen-bond acceptors (Lipinski definition) is 6. The maximum atomic E-state index is 13.1. The monoisotopic (exact) mass is 439 g/mol. The molecule has 7 nitrogen and oxygen atoms in total. The molecule has 1 unspecified atom stereocenters. The number of sulfonamides is 1. The van der Waals surface area contributed by atoms with Crippen LogP contribution in [0.25, 0.3) is 0 Å². The number of nitrogens with zero attached hydrogens (tertiary/aromatic N) is 3. The molecule has 2 aromatic carbocycles. The van der Waals surface area contributed by atoms with E-state index in [9.17, 15) is 8.42 Å². The number of anilines is 2. The van der Waals surface area contributed by atoms with Gasteiger partial charge in [0.1, 0.15) is 17.3 Å². The fourth-order valence-electron chi connectivity index (χ4n) is 3.52. The van der Waals surface area contributed by atoms with Crippen molar-refractivity contribution in [3.63, 3.8) is 0 Å². The average Bonchev–Trinajstić information content (AvgIpc) is 2.80. The number of rotatable bonds is 7. The summed E-state index contributed by atoms with van der Waals surface area (Å²) in [6, 6.07) is 19.9. The molecule has 1 aromatic heterocycles. The van der Waals surface area contributed by atoms with E-state index in [2.05, 4.69) is 4.98 Å². The third-order valence-corrected chi connectivity index (χ3v) is 6.96. The van der Waals surface area contributed by atoms with Crippen LogP contribution >= 0.6 is 0 Å². The van der Waals surface area contributed by atoms with E-state index in [1.54, 1.807) is 24.3 Å². The summed E-state index contributed by atoms with van der Waals surface area (Å²) in [6.07, 6.45) is 1.25. The standard InChI is InChI=1S/C23H25N3O4S/c1-3-26(18-9-5-4-6-10-18)31(27,28)20-13-14-23(24-15-20)25(2)16-19-17-29-21-11-7-8-12-22(21)30-19/h4-15,19H,3,16-17H2,1-2H3. The summed E-state index contributed by atoms with van der Waals surface area (Å²) in [5, 5.41) is 0. The van der Waals surface area contributed by atoms with Crippen LogP contribution in [-0.2, 0) is 10.0 Å². The summed E-state index contributed by atoms with van der Waals surface area (Å²) in [7, 11) is -1.81. The quantitative estimate of drug-likeness (QED) is 0.560. The zero-order valence-electron chi connectivity index (χ0n) is 17.5. The highest BCUT2D eigenvalue weighted by Crippen LogP contribution is 2.31. The van der Waals surface area contributed by atoms with Gasteiger partial charge in [0.05, 0.1) is 12.2 Å². The molecule has 0 aliphatic carbocycles. The maximum Gasteiger partial charge on any atom is 0.265 e. The Labute approximate surface area is 182 Å². The lowest BCUT2D eigenvalue weighted by atomic mass is 10.2. The van der Waals surface area contributed by atoms with Gasteiger partial charge in [0.15, 0.2) is 17.6 Å². The minimum Gasteiger partial charge on any atom is -0.486 e. The molecule has 162 valence electrons. The van der Waals surface area contributed by atoms with Gasteiger partial charge in [-0.1, -0.05) is 30.3 Å². The number of hydrogen-bond donors (Lipinski definition) is 0. The molecule has 0 fully saturated rings. The van der Waals surface area contributed by atoms with Crippen LogP contribution in [0.1, 0.15) is 6.92 Å². The Bertz CT molecular complexity index is 1120. The summed E-state index contributed by atoms with van der Waals surface area (Å²) in [4.78, 5) is 6.47. The SMILES string of the molecule is CCN(c1ccccc1)S(=O)(=O)c1ccc(N(C)CC2COc3ccccc3O2)nc1. The lowest BCUT2D eigenvalue weighted by molar-refractivity contribution is 0.0959. The first kappa shape index (κ1) is 21.0. The molecular weight excluding hydrogens is 414 g/mol. The lowest BCUT2D eigenvalue weighted by Crippen LogP contribution is -2.39. The van der Waals surface area contributed by atoms with E-state index in [1.165, 1.54) is 10.5 Å². The van der Waals surface area contributed by atoms with Crippen LogP contribution in [0.3, 0.4) is 0 Å². The van der Waals surface area contributed by atoms with Crippen molar-refractivity contribution in [2.75, 3.05) is 35.9 Å². The molecular formula is C23H25N3O4S. The predicted molar refractivity (Wildman–Crippen MR) is 121 cm³/mol. The normalized spacial score (nSPS) is 15.4. The first-order valence-corrected chi connectivity index (χ1v) is 11.6. The molecule has 8 heteroatoms. The van der Waals surface area contributed by atoms with Crippen molar-refractivity contribution in [3.8, 4) is 11.5 Å². The van der Waals surface area contributed by atoms with Gasteiger partial charge in [-0.05, 0) is 43.3 Å². The second-order valence-electron chi connectivity index (χ2n) is 7.24. The van der Waals surface area contributed by atoms with E-state index in [0.29, 0.717) is 31.2 Å². The van der Waals surface area contributed by atoms with E-state index in [-0.39, 0.29) is 11.0 Å². The molecule has 4 rings (SSSR count). The van der Waals surface area contributed by atoms with Crippen molar-refractivity contribution in [1.82, 2.24) is 4.98 Å². The smallest absolute Gasteiger partial charge is 0.265 e. The molecule has 31 heavy (non-hydrogen) atoms. The summed E-state index contributed by atoms with van der Waals surface area (Å²) < 4.78 is 39.4. The number of fused-ring (bicyclic) bond motifs is 1. The minimum atomic E-state index is -3.70. The van der Waals surface area contributed by atoms with Crippen LogP contribution in [0.2, 0.25) is 0 Å². The summed E-state index contributed by atoms with van der Waals surface area (Å²) in [5.74, 6) is 2.12. The van der Waals surface area contributed by atoms with Crippen molar-refractivity contribution in [3.05, 3.63) is 72.9 Å². The average molecular weight is 440 g/mol. The highest BCUT2D eigenvalue weighted by Gasteiger charge is 2.25. The first-order valence-electron chi connectivity index (χ1n) is 10.1. The van der Waals surface area contributed by atoms with Gasteiger partial charge in [0.25, 0.3) is 10.0 Å². The molecule has 0 saturated heterocycles. The van der Waals surface area contributed by atoms with Gasteiger partial charge in [0, 0.05) is 19.8 Å². The minimum absolute atomic E-state index is 0.154. The highest BCUT2D eigenvalue weighted by molar-refractivity contribution is 7.92. The van der Waals surface area contributed by atoms with E-state index in [4.69, 9.17) is 9.47 Å². The van der Waals surface area contributed by atoms with Crippen LogP contribution in [0.15, 0.2) is 77.8 Å². The molecule has 1 aliphatic heterocycles. The van der Waals surface area contributed by atoms with Gasteiger partial charge in [0.2, 0.25) is 0 Å². The van der Waals surface area contributed by atoms with Crippen molar-refractivity contribution in [1.29, 1.82) is 0 Å². The molecule has 2 heterocycles. The second-order valence-corrected chi connectivity index (χ2v) is 9.10. The second kappa shape index (κ2) is 8.85. The summed E-state index contributed by atoms with van der Waals surface area (Å²) in [6.45, 7) is 3.13. The number of aromatic nitrogens is 1. The lowest BCUT2D eigenvalue weighted by Gasteiger charge is -2.30. The van der Waals surface area contributed by atoms with E-state index in [1.807, 2.05) is 61.3 Å². The van der Waals surface area contributed by atoms with Gasteiger partial charge in [-0.25, -0.2) is 13.4 Å². The molecule has 0 amide bonds. The summed E-state index contributed by atoms with van der Waals surface area (Å²) in [5.41, 5.74) is 0.626. The number of ether oxygens (including phenoxy) is 2.